The normalized spacial score (nSPS) is 16.5. The summed E-state index contributed by atoms with van der Waals surface area (Å²) in [5.74, 6) is 0.0670. The minimum atomic E-state index is -0.717. The molecule has 1 aliphatic carbocycles. The van der Waals surface area contributed by atoms with Gasteiger partial charge in [-0.05, 0) is 37.3 Å². The minimum absolute atomic E-state index is 0.0132. The fourth-order valence-electron chi connectivity index (χ4n) is 2.59. The Bertz CT molecular complexity index is 400. The van der Waals surface area contributed by atoms with E-state index in [1.54, 1.807) is 0 Å². The van der Waals surface area contributed by atoms with E-state index in [-0.39, 0.29) is 12.5 Å². The maximum absolute atomic E-state index is 11.2. The molecule has 3 heteroatoms. The quantitative estimate of drug-likeness (QED) is 0.780. The third kappa shape index (κ3) is 4.35. The second kappa shape index (κ2) is 6.71. The van der Waals surface area contributed by atoms with Gasteiger partial charge in [-0.1, -0.05) is 37.3 Å². The van der Waals surface area contributed by atoms with Gasteiger partial charge in [-0.25, -0.2) is 0 Å². The molecular weight excluding hydrogens is 238 g/mol. The third-order valence-corrected chi connectivity index (χ3v) is 3.69. The maximum Gasteiger partial charge on any atom is 0.305 e. The van der Waals surface area contributed by atoms with Crippen LogP contribution in [0.1, 0.15) is 44.2 Å². The molecule has 0 aromatic heterocycles. The Kier molecular flexibility index (Phi) is 4.97. The van der Waals surface area contributed by atoms with Crippen molar-refractivity contribution >= 4 is 5.97 Å². The SMILES string of the molecule is CCCN(CC1CC1)C(CC(=O)O)c1ccccc1. The zero-order valence-electron chi connectivity index (χ0n) is 11.6. The zero-order chi connectivity index (χ0) is 13.7. The molecule has 0 bridgehead atoms. The van der Waals surface area contributed by atoms with Crippen molar-refractivity contribution in [3.63, 3.8) is 0 Å². The molecule has 19 heavy (non-hydrogen) atoms. The maximum atomic E-state index is 11.2. The van der Waals surface area contributed by atoms with Gasteiger partial charge in [0.05, 0.1) is 6.42 Å². The van der Waals surface area contributed by atoms with Crippen LogP contribution in [0.2, 0.25) is 0 Å². The zero-order valence-corrected chi connectivity index (χ0v) is 11.6. The molecule has 0 heterocycles. The molecule has 1 atom stereocenters. The summed E-state index contributed by atoms with van der Waals surface area (Å²) >= 11 is 0. The minimum Gasteiger partial charge on any atom is -0.481 e. The highest BCUT2D eigenvalue weighted by Gasteiger charge is 2.29. The molecule has 1 aliphatic rings. The van der Waals surface area contributed by atoms with E-state index in [9.17, 15) is 9.90 Å². The summed E-state index contributed by atoms with van der Waals surface area (Å²) in [6.07, 6.45) is 3.86. The van der Waals surface area contributed by atoms with Crippen molar-refractivity contribution in [1.82, 2.24) is 4.90 Å². The van der Waals surface area contributed by atoms with Gasteiger partial charge in [-0.3, -0.25) is 9.69 Å². The summed E-state index contributed by atoms with van der Waals surface area (Å²) < 4.78 is 0. The summed E-state index contributed by atoms with van der Waals surface area (Å²) in [7, 11) is 0. The van der Waals surface area contributed by atoms with E-state index < -0.39 is 5.97 Å². The lowest BCUT2D eigenvalue weighted by Gasteiger charge is -2.31. The van der Waals surface area contributed by atoms with Gasteiger partial charge >= 0.3 is 5.97 Å². The van der Waals surface area contributed by atoms with Crippen molar-refractivity contribution in [2.75, 3.05) is 13.1 Å². The van der Waals surface area contributed by atoms with Crippen LogP contribution in [-0.2, 0) is 4.79 Å². The second-order valence-electron chi connectivity index (χ2n) is 5.46. The summed E-state index contributed by atoms with van der Waals surface area (Å²) in [6, 6.07) is 10.1. The Labute approximate surface area is 115 Å². The highest BCUT2D eigenvalue weighted by atomic mass is 16.4. The van der Waals surface area contributed by atoms with Crippen LogP contribution < -0.4 is 0 Å². The van der Waals surface area contributed by atoms with Gasteiger partial charge in [-0.2, -0.15) is 0 Å². The third-order valence-electron chi connectivity index (χ3n) is 3.69. The van der Waals surface area contributed by atoms with Gasteiger partial charge in [0.15, 0.2) is 0 Å². The lowest BCUT2D eigenvalue weighted by Crippen LogP contribution is -2.33. The molecule has 104 valence electrons. The average Bonchev–Trinajstić information content (AvgIpc) is 3.20. The van der Waals surface area contributed by atoms with E-state index in [0.29, 0.717) is 0 Å². The molecule has 0 aliphatic heterocycles. The Morgan fingerprint density at radius 3 is 2.58 bits per heavy atom. The molecule has 2 rings (SSSR count). The van der Waals surface area contributed by atoms with Crippen molar-refractivity contribution in [2.24, 2.45) is 5.92 Å². The van der Waals surface area contributed by atoms with Gasteiger partial charge in [-0.15, -0.1) is 0 Å². The molecule has 3 nitrogen and oxygen atoms in total. The monoisotopic (exact) mass is 261 g/mol. The van der Waals surface area contributed by atoms with Gasteiger partial charge < -0.3 is 5.11 Å². The number of nitrogens with zero attached hydrogens (tertiary/aromatic N) is 1. The first-order chi connectivity index (χ1) is 9.20. The van der Waals surface area contributed by atoms with Crippen LogP contribution in [0.15, 0.2) is 30.3 Å². The average molecular weight is 261 g/mol. The van der Waals surface area contributed by atoms with Crippen LogP contribution >= 0.6 is 0 Å². The lowest BCUT2D eigenvalue weighted by atomic mass is 10.0. The van der Waals surface area contributed by atoms with E-state index in [2.05, 4.69) is 11.8 Å². The van der Waals surface area contributed by atoms with Gasteiger partial charge in [0.2, 0.25) is 0 Å². The molecule has 1 aromatic carbocycles. The van der Waals surface area contributed by atoms with Gasteiger partial charge in [0.25, 0.3) is 0 Å². The number of rotatable bonds is 8. The first kappa shape index (κ1) is 14.1. The summed E-state index contributed by atoms with van der Waals surface area (Å²) in [5, 5.41) is 9.19. The number of carboxylic acids is 1. The van der Waals surface area contributed by atoms with Crippen molar-refractivity contribution in [1.29, 1.82) is 0 Å². The summed E-state index contributed by atoms with van der Waals surface area (Å²) in [6.45, 7) is 4.17. The molecule has 0 radical (unpaired) electrons. The first-order valence-electron chi connectivity index (χ1n) is 7.21. The number of hydrogen-bond acceptors (Lipinski definition) is 2. The standard InChI is InChI=1S/C16H23NO2/c1-2-10-17(12-13-8-9-13)15(11-16(18)19)14-6-4-3-5-7-14/h3-7,13,15H,2,8-12H2,1H3,(H,18,19). The second-order valence-corrected chi connectivity index (χ2v) is 5.46. The Hall–Kier alpha value is -1.35. The van der Waals surface area contributed by atoms with Crippen LogP contribution in [-0.4, -0.2) is 29.1 Å². The van der Waals surface area contributed by atoms with E-state index in [4.69, 9.17) is 0 Å². The molecule has 0 saturated heterocycles. The molecule has 0 spiro atoms. The number of carbonyl (C=O) groups is 1. The molecule has 1 fully saturated rings. The van der Waals surface area contributed by atoms with E-state index in [0.717, 1.165) is 31.0 Å². The highest BCUT2D eigenvalue weighted by Crippen LogP contribution is 2.34. The molecule has 1 unspecified atom stereocenters. The number of carboxylic acid groups (broad SMARTS) is 1. The number of benzene rings is 1. The molecule has 1 N–H and O–H groups in total. The number of aliphatic carboxylic acids is 1. The fourth-order valence-corrected chi connectivity index (χ4v) is 2.59. The smallest absolute Gasteiger partial charge is 0.305 e. The number of hydrogen-bond donors (Lipinski definition) is 1. The highest BCUT2D eigenvalue weighted by molar-refractivity contribution is 5.68. The van der Waals surface area contributed by atoms with Crippen molar-refractivity contribution in [2.45, 2.75) is 38.6 Å². The summed E-state index contributed by atoms with van der Waals surface area (Å²) in [4.78, 5) is 13.5. The lowest BCUT2D eigenvalue weighted by molar-refractivity contribution is -0.138. The molecular formula is C16H23NO2. The Balaban J connectivity index is 2.15. The predicted octanol–water partition coefficient (Wildman–Crippen LogP) is 3.32. The molecule has 1 saturated carbocycles. The predicted molar refractivity (Wildman–Crippen MR) is 76.0 cm³/mol. The topological polar surface area (TPSA) is 40.5 Å². The van der Waals surface area contributed by atoms with Crippen molar-refractivity contribution in [3.8, 4) is 0 Å². The van der Waals surface area contributed by atoms with Crippen LogP contribution in [0.5, 0.6) is 0 Å². The largest absolute Gasteiger partial charge is 0.481 e. The van der Waals surface area contributed by atoms with Crippen LogP contribution in [0.4, 0.5) is 0 Å². The molecule has 0 amide bonds. The van der Waals surface area contributed by atoms with Crippen LogP contribution in [0.25, 0.3) is 0 Å². The van der Waals surface area contributed by atoms with Crippen molar-refractivity contribution in [3.05, 3.63) is 35.9 Å². The van der Waals surface area contributed by atoms with Crippen LogP contribution in [0.3, 0.4) is 0 Å². The fraction of sp³-hybridized carbons (Fsp3) is 0.562. The first-order valence-corrected chi connectivity index (χ1v) is 7.21. The van der Waals surface area contributed by atoms with Gasteiger partial charge in [0, 0.05) is 12.6 Å². The summed E-state index contributed by atoms with van der Waals surface area (Å²) in [5.41, 5.74) is 1.12. The molecule has 1 aromatic rings. The van der Waals surface area contributed by atoms with E-state index in [1.807, 2.05) is 30.3 Å². The van der Waals surface area contributed by atoms with Crippen LogP contribution in [0, 0.1) is 5.92 Å². The van der Waals surface area contributed by atoms with Crippen molar-refractivity contribution < 1.29 is 9.90 Å². The Morgan fingerprint density at radius 2 is 2.05 bits per heavy atom. The Morgan fingerprint density at radius 1 is 1.37 bits per heavy atom. The van der Waals surface area contributed by atoms with E-state index >= 15 is 0 Å². The van der Waals surface area contributed by atoms with E-state index in [1.165, 1.54) is 12.8 Å². The van der Waals surface area contributed by atoms with Gasteiger partial charge in [0.1, 0.15) is 0 Å².